The molecule has 7 nitrogen and oxygen atoms in total. The number of likely N-dealkylation sites (tertiary alicyclic amines) is 1. The van der Waals surface area contributed by atoms with Gasteiger partial charge in [0.1, 0.15) is 5.82 Å². The zero-order chi connectivity index (χ0) is 22.7. The SMILES string of the molecule is O=C(O)c1ccc(N2CCC[C@H](CN3CCCC3)C2)c(NS(=O)(=O)c2cccc(F)c2)c1. The second-order valence-corrected chi connectivity index (χ2v) is 10.2. The highest BCUT2D eigenvalue weighted by atomic mass is 32.2. The highest BCUT2D eigenvalue weighted by Crippen LogP contribution is 2.33. The fourth-order valence-corrected chi connectivity index (χ4v) is 5.72. The number of hydrogen-bond donors (Lipinski definition) is 2. The topological polar surface area (TPSA) is 89.9 Å². The van der Waals surface area contributed by atoms with Crippen LogP contribution in [0.15, 0.2) is 47.4 Å². The van der Waals surface area contributed by atoms with Gasteiger partial charge in [-0.3, -0.25) is 4.72 Å². The van der Waals surface area contributed by atoms with Gasteiger partial charge in [0.25, 0.3) is 10.0 Å². The van der Waals surface area contributed by atoms with E-state index in [1.165, 1.54) is 43.2 Å². The summed E-state index contributed by atoms with van der Waals surface area (Å²) in [5.41, 5.74) is 0.813. The maximum absolute atomic E-state index is 13.6. The van der Waals surface area contributed by atoms with Gasteiger partial charge < -0.3 is 14.9 Å². The van der Waals surface area contributed by atoms with E-state index in [4.69, 9.17) is 0 Å². The average molecular weight is 462 g/mol. The molecule has 2 saturated heterocycles. The van der Waals surface area contributed by atoms with E-state index in [1.54, 1.807) is 6.07 Å². The van der Waals surface area contributed by atoms with Crippen LogP contribution in [0.1, 0.15) is 36.0 Å². The standard InChI is InChI=1S/C23H28FN3O4S/c24-19-6-3-7-20(14-19)32(30,31)25-21-13-18(23(28)29)8-9-22(21)27-12-4-5-17(16-27)15-26-10-1-2-11-26/h3,6-9,13-14,17,25H,1-2,4-5,10-12,15-16H2,(H,28,29)/t17-/m1/s1. The summed E-state index contributed by atoms with van der Waals surface area (Å²) in [7, 11) is -4.09. The van der Waals surface area contributed by atoms with Crippen LogP contribution in [0.25, 0.3) is 0 Å². The van der Waals surface area contributed by atoms with Crippen molar-refractivity contribution in [2.45, 2.75) is 30.6 Å². The maximum Gasteiger partial charge on any atom is 0.335 e. The van der Waals surface area contributed by atoms with E-state index in [0.717, 1.165) is 51.6 Å². The summed E-state index contributed by atoms with van der Waals surface area (Å²) in [6.07, 6.45) is 4.57. The van der Waals surface area contributed by atoms with E-state index < -0.39 is 21.8 Å². The van der Waals surface area contributed by atoms with Crippen molar-refractivity contribution in [1.29, 1.82) is 0 Å². The van der Waals surface area contributed by atoms with Crippen LogP contribution in [0, 0.1) is 11.7 Å². The Morgan fingerprint density at radius 1 is 1.09 bits per heavy atom. The van der Waals surface area contributed by atoms with Crippen molar-refractivity contribution in [2.75, 3.05) is 42.3 Å². The van der Waals surface area contributed by atoms with E-state index in [2.05, 4.69) is 14.5 Å². The lowest BCUT2D eigenvalue weighted by Gasteiger charge is -2.37. The van der Waals surface area contributed by atoms with Crippen LogP contribution in [0.3, 0.4) is 0 Å². The summed E-state index contributed by atoms with van der Waals surface area (Å²) in [6.45, 7) is 4.81. The van der Waals surface area contributed by atoms with Crippen molar-refractivity contribution in [2.24, 2.45) is 5.92 Å². The number of carboxylic acid groups (broad SMARTS) is 1. The van der Waals surface area contributed by atoms with Gasteiger partial charge in [0, 0.05) is 19.6 Å². The molecule has 9 heteroatoms. The minimum atomic E-state index is -4.09. The predicted octanol–water partition coefficient (Wildman–Crippen LogP) is 3.64. The first-order valence-electron chi connectivity index (χ1n) is 10.9. The molecule has 32 heavy (non-hydrogen) atoms. The van der Waals surface area contributed by atoms with E-state index in [0.29, 0.717) is 11.6 Å². The van der Waals surface area contributed by atoms with Crippen molar-refractivity contribution in [1.82, 2.24) is 4.90 Å². The van der Waals surface area contributed by atoms with Gasteiger partial charge in [-0.1, -0.05) is 6.07 Å². The number of nitrogens with zero attached hydrogens (tertiary/aromatic N) is 2. The van der Waals surface area contributed by atoms with Crippen LogP contribution >= 0.6 is 0 Å². The number of aromatic carboxylic acids is 1. The number of rotatable bonds is 7. The molecule has 2 aromatic carbocycles. The molecule has 0 amide bonds. The molecular formula is C23H28FN3O4S. The van der Waals surface area contributed by atoms with Crippen molar-refractivity contribution in [3.63, 3.8) is 0 Å². The number of piperidine rings is 1. The summed E-state index contributed by atoms with van der Waals surface area (Å²) in [4.78, 5) is 15.9. The molecule has 1 atom stereocenters. The minimum Gasteiger partial charge on any atom is -0.478 e. The van der Waals surface area contributed by atoms with Crippen LogP contribution in [0.5, 0.6) is 0 Å². The third-order valence-corrected chi connectivity index (χ3v) is 7.53. The molecule has 0 aliphatic carbocycles. The normalized spacial score (nSPS) is 19.8. The predicted molar refractivity (Wildman–Crippen MR) is 121 cm³/mol. The molecule has 2 fully saturated rings. The average Bonchev–Trinajstić information content (AvgIpc) is 3.26. The Morgan fingerprint density at radius 3 is 2.59 bits per heavy atom. The number of anilines is 2. The van der Waals surface area contributed by atoms with Crippen molar-refractivity contribution < 1.29 is 22.7 Å². The second-order valence-electron chi connectivity index (χ2n) is 8.56. The van der Waals surface area contributed by atoms with Gasteiger partial charge in [-0.05, 0) is 81.1 Å². The highest BCUT2D eigenvalue weighted by Gasteiger charge is 2.26. The molecule has 4 rings (SSSR count). The summed E-state index contributed by atoms with van der Waals surface area (Å²) >= 11 is 0. The van der Waals surface area contributed by atoms with Crippen LogP contribution < -0.4 is 9.62 Å². The number of nitrogens with one attached hydrogen (secondary N) is 1. The van der Waals surface area contributed by atoms with Crippen molar-refractivity contribution in [3.8, 4) is 0 Å². The third-order valence-electron chi connectivity index (χ3n) is 6.17. The molecular weight excluding hydrogens is 433 g/mol. The Hall–Kier alpha value is -2.65. The van der Waals surface area contributed by atoms with Gasteiger partial charge >= 0.3 is 5.97 Å². The van der Waals surface area contributed by atoms with Crippen molar-refractivity contribution in [3.05, 3.63) is 53.8 Å². The lowest BCUT2D eigenvalue weighted by Crippen LogP contribution is -2.40. The van der Waals surface area contributed by atoms with Gasteiger partial charge in [-0.2, -0.15) is 0 Å². The smallest absolute Gasteiger partial charge is 0.335 e. The molecule has 0 radical (unpaired) electrons. The number of carboxylic acids is 1. The van der Waals surface area contributed by atoms with Crippen LogP contribution in [-0.2, 0) is 10.0 Å². The van der Waals surface area contributed by atoms with E-state index in [9.17, 15) is 22.7 Å². The number of halogens is 1. The third kappa shape index (κ3) is 5.21. The summed E-state index contributed by atoms with van der Waals surface area (Å²) in [5, 5.41) is 9.42. The molecule has 2 heterocycles. The van der Waals surface area contributed by atoms with Gasteiger partial charge in [-0.25, -0.2) is 17.6 Å². The fraction of sp³-hybridized carbons (Fsp3) is 0.435. The minimum absolute atomic E-state index is 0.0173. The molecule has 0 aromatic heterocycles. The second kappa shape index (κ2) is 9.46. The Bertz CT molecular complexity index is 1090. The summed E-state index contributed by atoms with van der Waals surface area (Å²) < 4.78 is 41.9. The van der Waals surface area contributed by atoms with Gasteiger partial charge in [0.05, 0.1) is 21.8 Å². The number of carbonyl (C=O) groups is 1. The number of sulfonamides is 1. The Kier molecular flexibility index (Phi) is 6.66. The van der Waals surface area contributed by atoms with Crippen LogP contribution in [-0.4, -0.2) is 57.1 Å². The molecule has 2 aliphatic rings. The quantitative estimate of drug-likeness (QED) is 0.654. The van der Waals surface area contributed by atoms with Gasteiger partial charge in [-0.15, -0.1) is 0 Å². The molecule has 2 aliphatic heterocycles. The molecule has 172 valence electrons. The van der Waals surface area contributed by atoms with E-state index >= 15 is 0 Å². The molecule has 2 N–H and O–H groups in total. The van der Waals surface area contributed by atoms with E-state index in [-0.39, 0.29) is 16.1 Å². The van der Waals surface area contributed by atoms with Gasteiger partial charge in [0.15, 0.2) is 0 Å². The maximum atomic E-state index is 13.6. The van der Waals surface area contributed by atoms with Crippen molar-refractivity contribution >= 4 is 27.4 Å². The number of hydrogen-bond acceptors (Lipinski definition) is 5. The molecule has 0 bridgehead atoms. The number of benzene rings is 2. The first-order valence-corrected chi connectivity index (χ1v) is 12.4. The lowest BCUT2D eigenvalue weighted by atomic mass is 9.96. The van der Waals surface area contributed by atoms with Gasteiger partial charge in [0.2, 0.25) is 0 Å². The Labute approximate surface area is 187 Å². The summed E-state index contributed by atoms with van der Waals surface area (Å²) in [5.74, 6) is -1.34. The van der Waals surface area contributed by atoms with E-state index in [1.807, 2.05) is 0 Å². The first-order chi connectivity index (χ1) is 15.3. The molecule has 0 unspecified atom stereocenters. The zero-order valence-corrected chi connectivity index (χ0v) is 18.7. The summed E-state index contributed by atoms with van der Waals surface area (Å²) in [6, 6.07) is 9.22. The van der Waals surface area contributed by atoms with Crippen LogP contribution in [0.2, 0.25) is 0 Å². The largest absolute Gasteiger partial charge is 0.478 e. The molecule has 0 spiro atoms. The van der Waals surface area contributed by atoms with Crippen LogP contribution in [0.4, 0.5) is 15.8 Å². The molecule has 0 saturated carbocycles. The zero-order valence-electron chi connectivity index (χ0n) is 17.8. The highest BCUT2D eigenvalue weighted by molar-refractivity contribution is 7.92. The monoisotopic (exact) mass is 461 g/mol. The Morgan fingerprint density at radius 2 is 1.88 bits per heavy atom. The molecule has 2 aromatic rings. The fourth-order valence-electron chi connectivity index (χ4n) is 4.63. The lowest BCUT2D eigenvalue weighted by molar-refractivity contribution is 0.0697. The Balaban J connectivity index is 1.61. The first kappa shape index (κ1) is 22.5.